The number of nitro benzene ring substituents is 1. The minimum Gasteiger partial charge on any atom is -0.292 e. The van der Waals surface area contributed by atoms with Gasteiger partial charge in [-0.05, 0) is 23.8 Å². The van der Waals surface area contributed by atoms with Gasteiger partial charge in [0.15, 0.2) is 0 Å². The zero-order valence-corrected chi connectivity index (χ0v) is 18.6. The fraction of sp³-hybridized carbons (Fsp3) is 0.100. The summed E-state index contributed by atoms with van der Waals surface area (Å²) >= 11 is 12.5. The summed E-state index contributed by atoms with van der Waals surface area (Å²) in [6.07, 6.45) is 1.52. The van der Waals surface area contributed by atoms with Gasteiger partial charge < -0.3 is 0 Å². The third-order valence-electron chi connectivity index (χ3n) is 4.26. The molecular formula is C20H15ClN4O5S2. The maximum absolute atomic E-state index is 12.6. The van der Waals surface area contributed by atoms with Gasteiger partial charge in [0.25, 0.3) is 17.5 Å². The lowest BCUT2D eigenvalue weighted by molar-refractivity contribution is -0.384. The van der Waals surface area contributed by atoms with Crippen LogP contribution in [0.5, 0.6) is 0 Å². The summed E-state index contributed by atoms with van der Waals surface area (Å²) in [5.74, 6) is -1.61. The Balaban J connectivity index is 1.53. The molecular weight excluding hydrogens is 476 g/mol. The normalized spacial score (nSPS) is 14.5. The molecule has 0 aliphatic carbocycles. The third kappa shape index (κ3) is 5.69. The molecule has 0 unspecified atom stereocenters. The molecule has 1 fully saturated rings. The molecule has 0 aromatic heterocycles. The Hall–Kier alpha value is -3.28. The molecule has 0 bridgehead atoms. The number of non-ortho nitro benzene ring substituents is 1. The summed E-state index contributed by atoms with van der Waals surface area (Å²) in [4.78, 5) is 48.7. The molecule has 164 valence electrons. The van der Waals surface area contributed by atoms with Crippen molar-refractivity contribution in [2.75, 3.05) is 6.54 Å². The highest BCUT2D eigenvalue weighted by atomic mass is 35.5. The van der Waals surface area contributed by atoms with Crippen molar-refractivity contribution in [3.8, 4) is 0 Å². The molecule has 2 aromatic rings. The van der Waals surface area contributed by atoms with E-state index in [1.54, 1.807) is 30.3 Å². The van der Waals surface area contributed by atoms with Crippen LogP contribution in [0.3, 0.4) is 0 Å². The molecule has 9 nitrogen and oxygen atoms in total. The van der Waals surface area contributed by atoms with Crippen molar-refractivity contribution in [3.63, 3.8) is 0 Å². The van der Waals surface area contributed by atoms with Crippen molar-refractivity contribution < 1.29 is 19.3 Å². The van der Waals surface area contributed by atoms with Gasteiger partial charge in [-0.25, -0.2) is 0 Å². The molecule has 3 amide bonds. The topological polar surface area (TPSA) is 122 Å². The minimum atomic E-state index is -0.713. The van der Waals surface area contributed by atoms with E-state index < -0.39 is 16.7 Å². The van der Waals surface area contributed by atoms with Crippen LogP contribution in [0.2, 0.25) is 5.02 Å². The van der Waals surface area contributed by atoms with Crippen LogP contribution in [-0.2, 0) is 9.59 Å². The number of carbonyl (C=O) groups is 3. The van der Waals surface area contributed by atoms with E-state index >= 15 is 0 Å². The minimum absolute atomic E-state index is 0.0150. The Bertz CT molecular complexity index is 1150. The first-order chi connectivity index (χ1) is 15.3. The predicted octanol–water partition coefficient (Wildman–Crippen LogP) is 3.30. The molecule has 2 N–H and O–H groups in total. The van der Waals surface area contributed by atoms with Crippen LogP contribution in [0.15, 0.2) is 53.4 Å². The Morgan fingerprint density at radius 2 is 1.94 bits per heavy atom. The lowest BCUT2D eigenvalue weighted by atomic mass is 10.2. The highest BCUT2D eigenvalue weighted by molar-refractivity contribution is 8.26. The summed E-state index contributed by atoms with van der Waals surface area (Å²) in [6, 6.07) is 12.1. The van der Waals surface area contributed by atoms with Gasteiger partial charge in [-0.3, -0.25) is 40.2 Å². The summed E-state index contributed by atoms with van der Waals surface area (Å²) in [6.45, 7) is 0.0169. The van der Waals surface area contributed by atoms with E-state index in [0.29, 0.717) is 19.8 Å². The van der Waals surface area contributed by atoms with E-state index in [4.69, 9.17) is 23.8 Å². The van der Waals surface area contributed by atoms with Crippen molar-refractivity contribution in [1.29, 1.82) is 0 Å². The number of thiocarbonyl (C=S) groups is 1. The number of hydrogen-bond acceptors (Lipinski definition) is 7. The molecule has 3 rings (SSSR count). The average Bonchev–Trinajstić information content (AvgIpc) is 3.04. The Labute approximate surface area is 196 Å². The van der Waals surface area contributed by atoms with E-state index in [0.717, 1.165) is 17.8 Å². The van der Waals surface area contributed by atoms with Gasteiger partial charge in [0, 0.05) is 35.7 Å². The third-order valence-corrected chi connectivity index (χ3v) is 5.98. The second-order valence-electron chi connectivity index (χ2n) is 6.41. The number of carbonyl (C=O) groups excluding carboxylic acids is 3. The van der Waals surface area contributed by atoms with Crippen LogP contribution < -0.4 is 10.9 Å². The quantitative estimate of drug-likeness (QED) is 0.276. The van der Waals surface area contributed by atoms with Gasteiger partial charge in [-0.2, -0.15) is 0 Å². The smallest absolute Gasteiger partial charge is 0.270 e. The molecule has 0 atom stereocenters. The standard InChI is InChI=1S/C20H15ClN4O5S2/c21-15-7-2-1-4-12(15)11-16-19(28)24(20(31)32-16)9-8-17(26)22-23-18(27)13-5-3-6-14(10-13)25(29)30/h1-7,10-11H,8-9H2,(H,22,26)(H,23,27). The molecule has 0 saturated carbocycles. The van der Waals surface area contributed by atoms with Gasteiger partial charge in [-0.1, -0.05) is 59.8 Å². The highest BCUT2D eigenvalue weighted by Gasteiger charge is 2.32. The number of amides is 3. The second kappa shape index (κ2) is 10.4. The number of thioether (sulfide) groups is 1. The van der Waals surface area contributed by atoms with Crippen LogP contribution in [-0.4, -0.2) is 38.4 Å². The molecule has 1 aliphatic heterocycles. The SMILES string of the molecule is O=C(CCN1C(=O)C(=Cc2ccccc2Cl)SC1=S)NNC(=O)c1cccc([N+](=O)[O-])c1. The Morgan fingerprint density at radius 3 is 2.66 bits per heavy atom. The van der Waals surface area contributed by atoms with Gasteiger partial charge in [0.1, 0.15) is 4.32 Å². The Morgan fingerprint density at radius 1 is 1.19 bits per heavy atom. The van der Waals surface area contributed by atoms with Crippen molar-refractivity contribution in [2.45, 2.75) is 6.42 Å². The van der Waals surface area contributed by atoms with E-state index in [1.165, 1.54) is 23.1 Å². The van der Waals surface area contributed by atoms with Crippen molar-refractivity contribution >= 4 is 69.4 Å². The lowest BCUT2D eigenvalue weighted by Gasteiger charge is -2.14. The summed E-state index contributed by atoms with van der Waals surface area (Å²) in [5.41, 5.74) is 4.84. The summed E-state index contributed by atoms with van der Waals surface area (Å²) < 4.78 is 0.307. The van der Waals surface area contributed by atoms with E-state index in [9.17, 15) is 24.5 Å². The molecule has 1 saturated heterocycles. The van der Waals surface area contributed by atoms with Gasteiger partial charge in [-0.15, -0.1) is 0 Å². The number of hydrazine groups is 1. The molecule has 1 heterocycles. The molecule has 2 aromatic carbocycles. The monoisotopic (exact) mass is 490 g/mol. The van der Waals surface area contributed by atoms with Crippen LogP contribution in [0.4, 0.5) is 5.69 Å². The predicted molar refractivity (Wildman–Crippen MR) is 125 cm³/mol. The number of halogens is 1. The number of nitrogens with one attached hydrogen (secondary N) is 2. The molecule has 1 aliphatic rings. The summed E-state index contributed by atoms with van der Waals surface area (Å²) in [7, 11) is 0. The first-order valence-electron chi connectivity index (χ1n) is 9.10. The number of benzene rings is 2. The number of hydrogen-bond donors (Lipinski definition) is 2. The number of nitro groups is 1. The zero-order valence-electron chi connectivity index (χ0n) is 16.2. The van der Waals surface area contributed by atoms with Gasteiger partial charge >= 0.3 is 0 Å². The van der Waals surface area contributed by atoms with Crippen LogP contribution in [0.25, 0.3) is 6.08 Å². The summed E-state index contributed by atoms with van der Waals surface area (Å²) in [5, 5.41) is 11.3. The average molecular weight is 491 g/mol. The molecule has 12 heteroatoms. The second-order valence-corrected chi connectivity index (χ2v) is 8.50. The van der Waals surface area contributed by atoms with E-state index in [1.807, 2.05) is 0 Å². The van der Waals surface area contributed by atoms with Crippen LogP contribution in [0, 0.1) is 10.1 Å². The first-order valence-corrected chi connectivity index (χ1v) is 10.7. The zero-order chi connectivity index (χ0) is 23.3. The maximum atomic E-state index is 12.6. The molecule has 32 heavy (non-hydrogen) atoms. The largest absolute Gasteiger partial charge is 0.292 e. The van der Waals surface area contributed by atoms with Crippen molar-refractivity contribution in [1.82, 2.24) is 15.8 Å². The van der Waals surface area contributed by atoms with Crippen LogP contribution >= 0.6 is 35.6 Å². The van der Waals surface area contributed by atoms with Crippen molar-refractivity contribution in [2.24, 2.45) is 0 Å². The number of rotatable bonds is 6. The fourth-order valence-electron chi connectivity index (χ4n) is 2.66. The van der Waals surface area contributed by atoms with Gasteiger partial charge in [0.2, 0.25) is 5.91 Å². The maximum Gasteiger partial charge on any atom is 0.270 e. The van der Waals surface area contributed by atoms with Crippen molar-refractivity contribution in [3.05, 3.63) is 79.7 Å². The fourth-order valence-corrected chi connectivity index (χ4v) is 4.15. The highest BCUT2D eigenvalue weighted by Crippen LogP contribution is 2.33. The van der Waals surface area contributed by atoms with E-state index in [2.05, 4.69) is 10.9 Å². The molecule has 0 spiro atoms. The molecule has 0 radical (unpaired) electrons. The lowest BCUT2D eigenvalue weighted by Crippen LogP contribution is -2.43. The van der Waals surface area contributed by atoms with Crippen LogP contribution in [0.1, 0.15) is 22.3 Å². The number of nitrogens with zero attached hydrogens (tertiary/aromatic N) is 2. The van der Waals surface area contributed by atoms with Gasteiger partial charge in [0.05, 0.1) is 9.83 Å². The van der Waals surface area contributed by atoms with E-state index in [-0.39, 0.29) is 30.1 Å². The first kappa shape index (κ1) is 23.4. The Kier molecular flexibility index (Phi) is 7.57.